The molecule has 2 aromatic heterocycles. The monoisotopic (exact) mass is 591 g/mol. The Balaban J connectivity index is 1.60. The summed E-state index contributed by atoms with van der Waals surface area (Å²) in [5.41, 5.74) is 5.86. The van der Waals surface area contributed by atoms with Crippen LogP contribution in [-0.4, -0.2) is 51.6 Å². The highest BCUT2D eigenvalue weighted by molar-refractivity contribution is 6.30. The predicted molar refractivity (Wildman–Crippen MR) is 158 cm³/mol. The van der Waals surface area contributed by atoms with Crippen LogP contribution in [0.5, 0.6) is 11.5 Å². The molecule has 2 atom stereocenters. The number of benzene rings is 2. The van der Waals surface area contributed by atoms with Gasteiger partial charge in [-0.05, 0) is 73.5 Å². The van der Waals surface area contributed by atoms with Crippen LogP contribution in [0, 0.1) is 0 Å². The Kier molecular flexibility index (Phi) is 8.94. The molecule has 5 rings (SSSR count). The third-order valence-corrected chi connectivity index (χ3v) is 7.26. The lowest BCUT2D eigenvalue weighted by molar-refractivity contribution is -0.142. The second-order valence-corrected chi connectivity index (χ2v) is 10.6. The molecule has 0 amide bonds. The van der Waals surface area contributed by atoms with Gasteiger partial charge in [0, 0.05) is 28.9 Å². The number of tetrazole rings is 1. The highest BCUT2D eigenvalue weighted by Gasteiger charge is 2.33. The summed E-state index contributed by atoms with van der Waals surface area (Å²) in [5, 5.41) is 12.6. The molecule has 0 N–H and O–H groups in total. The first-order chi connectivity index (χ1) is 20.3. The molecule has 0 spiro atoms. The van der Waals surface area contributed by atoms with Crippen LogP contribution in [0.1, 0.15) is 67.6 Å². The topological polar surface area (TPSA) is 103 Å². The van der Waals surface area contributed by atoms with Crippen molar-refractivity contribution in [1.82, 2.24) is 24.8 Å². The summed E-state index contributed by atoms with van der Waals surface area (Å²) in [5.74, 6) is 1.25. The molecule has 10 nitrogen and oxygen atoms in total. The van der Waals surface area contributed by atoms with E-state index in [2.05, 4.69) is 52.3 Å². The van der Waals surface area contributed by atoms with Crippen molar-refractivity contribution in [3.8, 4) is 17.2 Å². The Bertz CT molecular complexity index is 1610. The van der Waals surface area contributed by atoms with Crippen molar-refractivity contribution in [3.63, 3.8) is 0 Å². The summed E-state index contributed by atoms with van der Waals surface area (Å²) in [6, 6.07) is 13.7. The molecule has 3 heterocycles. The smallest absolute Gasteiger partial charge is 0.313 e. The summed E-state index contributed by atoms with van der Waals surface area (Å²) in [7, 11) is 3.23. The lowest BCUT2D eigenvalue weighted by Crippen LogP contribution is -2.17. The van der Waals surface area contributed by atoms with Gasteiger partial charge in [0.2, 0.25) is 0 Å². The molecule has 42 heavy (non-hydrogen) atoms. The number of allylic oxidation sites excluding steroid dienone is 1. The summed E-state index contributed by atoms with van der Waals surface area (Å²) >= 11 is 6.57. The van der Waals surface area contributed by atoms with Crippen molar-refractivity contribution in [2.75, 3.05) is 20.8 Å². The zero-order chi connectivity index (χ0) is 29.8. The van der Waals surface area contributed by atoms with Crippen LogP contribution in [-0.2, 0) is 27.2 Å². The first-order valence-corrected chi connectivity index (χ1v) is 14.1. The van der Waals surface area contributed by atoms with Crippen LogP contribution in [0.4, 0.5) is 0 Å². The van der Waals surface area contributed by atoms with E-state index in [-0.39, 0.29) is 12.4 Å². The zero-order valence-electron chi connectivity index (χ0n) is 24.3. The molecule has 2 aromatic carbocycles. The number of nitrogens with zero attached hydrogens (tertiary/aromatic N) is 5. The number of para-hydroxylation sites is 1. The van der Waals surface area contributed by atoms with Crippen LogP contribution in [0.15, 0.2) is 54.2 Å². The summed E-state index contributed by atoms with van der Waals surface area (Å²) < 4.78 is 27.3. The van der Waals surface area contributed by atoms with Gasteiger partial charge in [0.1, 0.15) is 18.6 Å². The molecule has 1 aliphatic heterocycles. The average molecular weight is 592 g/mol. The highest BCUT2D eigenvalue weighted by Crippen LogP contribution is 2.47. The summed E-state index contributed by atoms with van der Waals surface area (Å²) in [4.78, 5) is 12.1. The van der Waals surface area contributed by atoms with E-state index < -0.39 is 12.2 Å². The van der Waals surface area contributed by atoms with Gasteiger partial charge >= 0.3 is 5.97 Å². The van der Waals surface area contributed by atoms with Gasteiger partial charge in [-0.15, -0.1) is 5.10 Å². The fraction of sp³-hybridized carbons (Fsp3) is 0.355. The first-order valence-electron chi connectivity index (χ1n) is 13.8. The number of carbonyl (C=O) groups is 1. The Hall–Kier alpha value is -4.15. The molecule has 1 aliphatic rings. The maximum atomic E-state index is 12.1. The Morgan fingerprint density at radius 3 is 2.69 bits per heavy atom. The fourth-order valence-corrected chi connectivity index (χ4v) is 5.49. The van der Waals surface area contributed by atoms with Gasteiger partial charge in [-0.2, -0.15) is 0 Å². The van der Waals surface area contributed by atoms with Crippen LogP contribution < -0.4 is 9.47 Å². The number of carbonyl (C=O) groups excluding carboxylic acids is 1. The lowest BCUT2D eigenvalue weighted by atomic mass is 9.98. The van der Waals surface area contributed by atoms with Gasteiger partial charge in [0.25, 0.3) is 0 Å². The van der Waals surface area contributed by atoms with Crippen molar-refractivity contribution in [3.05, 3.63) is 87.5 Å². The van der Waals surface area contributed by atoms with Crippen molar-refractivity contribution in [2.45, 2.75) is 52.4 Å². The van der Waals surface area contributed by atoms with Crippen molar-refractivity contribution in [1.29, 1.82) is 0 Å². The maximum absolute atomic E-state index is 12.1. The molecule has 0 radical (unpaired) electrons. The van der Waals surface area contributed by atoms with Gasteiger partial charge < -0.3 is 23.5 Å². The molecule has 11 heteroatoms. The normalized spacial score (nSPS) is 15.8. The minimum Gasteiger partial charge on any atom is -0.493 e. The van der Waals surface area contributed by atoms with Crippen molar-refractivity contribution in [2.24, 2.45) is 0 Å². The van der Waals surface area contributed by atoms with E-state index in [4.69, 9.17) is 30.5 Å². The van der Waals surface area contributed by atoms with Crippen LogP contribution >= 0.6 is 11.6 Å². The van der Waals surface area contributed by atoms with E-state index in [0.29, 0.717) is 41.9 Å². The molecule has 0 aliphatic carbocycles. The molecule has 0 saturated heterocycles. The molecule has 0 saturated carbocycles. The van der Waals surface area contributed by atoms with E-state index in [1.807, 2.05) is 36.4 Å². The number of hydrogen-bond acceptors (Lipinski definition) is 8. The van der Waals surface area contributed by atoms with Crippen LogP contribution in [0.25, 0.3) is 11.8 Å². The molecular formula is C31H34ClN5O5. The third kappa shape index (κ3) is 6.05. The number of halogens is 1. The second-order valence-electron chi connectivity index (χ2n) is 10.2. The molecule has 2 unspecified atom stereocenters. The number of ether oxygens (including phenoxy) is 4. The molecule has 220 valence electrons. The van der Waals surface area contributed by atoms with Crippen molar-refractivity contribution >= 4 is 23.6 Å². The number of esters is 1. The largest absolute Gasteiger partial charge is 0.493 e. The number of hydrogen-bond donors (Lipinski definition) is 0. The van der Waals surface area contributed by atoms with E-state index >= 15 is 0 Å². The number of fused-ring (bicyclic) bond motifs is 3. The Labute approximate surface area is 249 Å². The number of aromatic nitrogens is 5. The quantitative estimate of drug-likeness (QED) is 0.210. The van der Waals surface area contributed by atoms with Gasteiger partial charge in [-0.1, -0.05) is 35.4 Å². The van der Waals surface area contributed by atoms with E-state index in [9.17, 15) is 4.79 Å². The van der Waals surface area contributed by atoms with Gasteiger partial charge in [0.05, 0.1) is 32.2 Å². The molecule has 0 bridgehead atoms. The van der Waals surface area contributed by atoms with E-state index in [1.165, 1.54) is 5.57 Å². The lowest BCUT2D eigenvalue weighted by Gasteiger charge is -2.25. The van der Waals surface area contributed by atoms with Crippen LogP contribution in [0.2, 0.25) is 5.02 Å². The van der Waals surface area contributed by atoms with Crippen molar-refractivity contribution < 1.29 is 23.7 Å². The number of rotatable bonds is 10. The van der Waals surface area contributed by atoms with Crippen LogP contribution in [0.3, 0.4) is 0 Å². The Morgan fingerprint density at radius 2 is 1.95 bits per heavy atom. The van der Waals surface area contributed by atoms with Gasteiger partial charge in [-0.25, -0.2) is 4.68 Å². The predicted octanol–water partition coefficient (Wildman–Crippen LogP) is 5.91. The fourth-order valence-electron chi connectivity index (χ4n) is 5.31. The average Bonchev–Trinajstić information content (AvgIpc) is 3.56. The minimum absolute atomic E-state index is 0.0129. The minimum atomic E-state index is -0.534. The van der Waals surface area contributed by atoms with Gasteiger partial charge in [0.15, 0.2) is 17.3 Å². The molecular weight excluding hydrogens is 558 g/mol. The number of methoxy groups -OCH3 is 2. The standard InChI is InChI=1S/C31H34ClN5O5/c1-6-41-29(38)17-28-33-34-35-37(28)13-12-26-25-15-20(14-19(2)3)18-36(25)24-11-10-21(32)16-23(24)30(42-26)22-8-7-9-27(39-4)31(22)40-5/h7-11,14-16,18,26,30H,6,12-13,17H2,1-5H3. The molecule has 0 fully saturated rings. The maximum Gasteiger partial charge on any atom is 0.313 e. The third-order valence-electron chi connectivity index (χ3n) is 7.02. The van der Waals surface area contributed by atoms with Gasteiger partial charge in [-0.3, -0.25) is 4.79 Å². The number of aryl methyl sites for hydroxylation is 1. The Morgan fingerprint density at radius 1 is 1.12 bits per heavy atom. The summed E-state index contributed by atoms with van der Waals surface area (Å²) in [6.07, 6.45) is 3.82. The summed E-state index contributed by atoms with van der Waals surface area (Å²) in [6.45, 7) is 6.61. The highest BCUT2D eigenvalue weighted by atomic mass is 35.5. The van der Waals surface area contributed by atoms with E-state index in [0.717, 1.165) is 28.1 Å². The second kappa shape index (κ2) is 12.8. The molecule has 4 aromatic rings. The SMILES string of the molecule is CCOC(=O)Cc1nnnn1CCC1OC(c2cccc(OC)c2OC)c2cc(Cl)ccc2-n2cc(C=C(C)C)cc21. The zero-order valence-corrected chi connectivity index (χ0v) is 25.1. The van der Waals surface area contributed by atoms with E-state index in [1.54, 1.807) is 25.8 Å². The first kappa shape index (κ1) is 29.3.